The summed E-state index contributed by atoms with van der Waals surface area (Å²) in [6.07, 6.45) is 1.73. The molecule has 2 unspecified atom stereocenters. The van der Waals surface area contributed by atoms with Crippen molar-refractivity contribution >= 4 is 6.09 Å². The Kier molecular flexibility index (Phi) is 6.51. The third kappa shape index (κ3) is 5.69. The predicted molar refractivity (Wildman–Crippen MR) is 99.0 cm³/mol. The molecule has 0 aliphatic carbocycles. The molecule has 0 bridgehead atoms. The highest BCUT2D eigenvalue weighted by molar-refractivity contribution is 5.67. The molecule has 0 spiro atoms. The highest BCUT2D eigenvalue weighted by Crippen LogP contribution is 2.24. The van der Waals surface area contributed by atoms with Crippen LogP contribution in [0.15, 0.2) is 30.3 Å². The van der Waals surface area contributed by atoms with Crippen LogP contribution in [-0.2, 0) is 20.8 Å². The molecule has 1 aromatic rings. The largest absolute Gasteiger partial charge is 0.445 e. The summed E-state index contributed by atoms with van der Waals surface area (Å²) in [6, 6.07) is 10.2. The van der Waals surface area contributed by atoms with Gasteiger partial charge in [-0.1, -0.05) is 30.3 Å². The van der Waals surface area contributed by atoms with Crippen molar-refractivity contribution in [3.63, 3.8) is 0 Å². The van der Waals surface area contributed by atoms with E-state index in [0.717, 1.165) is 31.6 Å². The lowest BCUT2D eigenvalue weighted by molar-refractivity contribution is -0.0675. The van der Waals surface area contributed by atoms with E-state index in [1.807, 2.05) is 30.3 Å². The number of nitrogens with one attached hydrogen (secondary N) is 1. The minimum absolute atomic E-state index is 0.000942. The maximum absolute atomic E-state index is 12.3. The molecule has 2 saturated heterocycles. The normalized spacial score (nSPS) is 25.7. The Hall–Kier alpha value is -1.63. The Labute approximate surface area is 155 Å². The zero-order valence-corrected chi connectivity index (χ0v) is 15.8. The Morgan fingerprint density at radius 2 is 2.12 bits per heavy atom. The molecule has 6 nitrogen and oxygen atoms in total. The molecule has 3 rings (SSSR count). The van der Waals surface area contributed by atoms with Crippen molar-refractivity contribution in [3.05, 3.63) is 35.9 Å². The fourth-order valence-corrected chi connectivity index (χ4v) is 3.52. The first-order valence-electron chi connectivity index (χ1n) is 9.46. The number of nitrogens with zero attached hydrogens (tertiary/aromatic N) is 1. The Morgan fingerprint density at radius 3 is 2.88 bits per heavy atom. The van der Waals surface area contributed by atoms with Gasteiger partial charge >= 0.3 is 6.09 Å². The van der Waals surface area contributed by atoms with Crippen LogP contribution in [0.25, 0.3) is 0 Å². The van der Waals surface area contributed by atoms with Gasteiger partial charge in [0.2, 0.25) is 0 Å². The van der Waals surface area contributed by atoms with E-state index in [2.05, 4.69) is 19.2 Å². The molecule has 0 aromatic heterocycles. The zero-order valence-electron chi connectivity index (χ0n) is 15.8. The molecule has 1 aromatic carbocycles. The topological polar surface area (TPSA) is 60.0 Å². The lowest BCUT2D eigenvalue weighted by atomic mass is 9.94. The predicted octanol–water partition coefficient (Wildman–Crippen LogP) is 2.57. The second kappa shape index (κ2) is 8.84. The van der Waals surface area contributed by atoms with Crippen molar-refractivity contribution in [2.75, 3.05) is 32.8 Å². The van der Waals surface area contributed by atoms with Crippen LogP contribution in [-0.4, -0.2) is 61.6 Å². The Bertz CT molecular complexity index is 578. The van der Waals surface area contributed by atoms with E-state index < -0.39 is 0 Å². The summed E-state index contributed by atoms with van der Waals surface area (Å²) >= 11 is 0. The SMILES string of the molecule is CC1(C)CC(NCC2CN(C(=O)OCc3ccccc3)CCO2)CCO1. The fraction of sp³-hybridized carbons (Fsp3) is 0.650. The molecular weight excluding hydrogens is 332 g/mol. The minimum Gasteiger partial charge on any atom is -0.445 e. The van der Waals surface area contributed by atoms with E-state index in [0.29, 0.717) is 32.3 Å². The molecule has 2 fully saturated rings. The summed E-state index contributed by atoms with van der Waals surface area (Å²) in [5.74, 6) is 0. The van der Waals surface area contributed by atoms with Crippen molar-refractivity contribution in [2.45, 2.75) is 51.0 Å². The Balaban J connectivity index is 1.41. The van der Waals surface area contributed by atoms with Gasteiger partial charge in [-0.2, -0.15) is 0 Å². The van der Waals surface area contributed by atoms with E-state index in [9.17, 15) is 4.79 Å². The fourth-order valence-electron chi connectivity index (χ4n) is 3.52. The van der Waals surface area contributed by atoms with Gasteiger partial charge in [-0.3, -0.25) is 0 Å². The lowest BCUT2D eigenvalue weighted by Gasteiger charge is -2.37. The van der Waals surface area contributed by atoms with Crippen LogP contribution in [0.5, 0.6) is 0 Å². The molecule has 1 amide bonds. The summed E-state index contributed by atoms with van der Waals surface area (Å²) in [4.78, 5) is 14.1. The number of carbonyl (C=O) groups excluding carboxylic acids is 1. The first-order chi connectivity index (χ1) is 12.5. The van der Waals surface area contributed by atoms with E-state index in [-0.39, 0.29) is 17.8 Å². The van der Waals surface area contributed by atoms with Crippen LogP contribution < -0.4 is 5.32 Å². The van der Waals surface area contributed by atoms with Crippen LogP contribution in [0, 0.1) is 0 Å². The molecule has 2 aliphatic rings. The number of benzene rings is 1. The quantitative estimate of drug-likeness (QED) is 0.872. The van der Waals surface area contributed by atoms with E-state index in [1.165, 1.54) is 0 Å². The third-order valence-corrected chi connectivity index (χ3v) is 4.93. The average Bonchev–Trinajstić information content (AvgIpc) is 2.65. The van der Waals surface area contributed by atoms with Crippen molar-refractivity contribution in [1.82, 2.24) is 10.2 Å². The smallest absolute Gasteiger partial charge is 0.410 e. The van der Waals surface area contributed by atoms with Gasteiger partial charge in [-0.05, 0) is 32.3 Å². The first-order valence-corrected chi connectivity index (χ1v) is 9.46. The van der Waals surface area contributed by atoms with E-state index in [4.69, 9.17) is 14.2 Å². The maximum atomic E-state index is 12.3. The van der Waals surface area contributed by atoms with Gasteiger partial charge < -0.3 is 24.4 Å². The van der Waals surface area contributed by atoms with Crippen LogP contribution >= 0.6 is 0 Å². The van der Waals surface area contributed by atoms with Gasteiger partial charge in [-0.15, -0.1) is 0 Å². The monoisotopic (exact) mass is 362 g/mol. The molecule has 2 aliphatic heterocycles. The molecular formula is C20H30N2O4. The average molecular weight is 362 g/mol. The second-order valence-electron chi connectivity index (χ2n) is 7.69. The van der Waals surface area contributed by atoms with Crippen molar-refractivity contribution in [1.29, 1.82) is 0 Å². The molecule has 0 saturated carbocycles. The molecule has 1 N–H and O–H groups in total. The molecule has 0 radical (unpaired) electrons. The van der Waals surface area contributed by atoms with Gasteiger partial charge in [0.25, 0.3) is 0 Å². The number of amides is 1. The summed E-state index contributed by atoms with van der Waals surface area (Å²) in [7, 11) is 0. The number of morpholine rings is 1. The number of rotatable bonds is 5. The van der Waals surface area contributed by atoms with E-state index in [1.54, 1.807) is 4.90 Å². The van der Waals surface area contributed by atoms with Gasteiger partial charge in [0.1, 0.15) is 6.61 Å². The van der Waals surface area contributed by atoms with Crippen LogP contribution in [0.3, 0.4) is 0 Å². The zero-order chi connectivity index (χ0) is 18.4. The number of ether oxygens (including phenoxy) is 3. The summed E-state index contributed by atoms with van der Waals surface area (Å²) in [5.41, 5.74) is 0.922. The number of hydrogen-bond donors (Lipinski definition) is 1. The Morgan fingerprint density at radius 1 is 1.31 bits per heavy atom. The minimum atomic E-state index is -0.269. The molecule has 6 heteroatoms. The molecule has 2 atom stereocenters. The van der Waals surface area contributed by atoms with Crippen molar-refractivity contribution in [3.8, 4) is 0 Å². The number of hydrogen-bond acceptors (Lipinski definition) is 5. The van der Waals surface area contributed by atoms with Gasteiger partial charge in [0.15, 0.2) is 0 Å². The third-order valence-electron chi connectivity index (χ3n) is 4.93. The van der Waals surface area contributed by atoms with Crippen LogP contribution in [0.4, 0.5) is 4.79 Å². The van der Waals surface area contributed by atoms with E-state index >= 15 is 0 Å². The first kappa shape index (κ1) is 19.1. The summed E-state index contributed by atoms with van der Waals surface area (Å²) in [6.45, 7) is 7.77. The highest BCUT2D eigenvalue weighted by atomic mass is 16.6. The number of carbonyl (C=O) groups is 1. The molecule has 26 heavy (non-hydrogen) atoms. The summed E-state index contributed by atoms with van der Waals surface area (Å²) in [5, 5.41) is 3.58. The summed E-state index contributed by atoms with van der Waals surface area (Å²) < 4.78 is 17.0. The van der Waals surface area contributed by atoms with Gasteiger partial charge in [-0.25, -0.2) is 4.79 Å². The van der Waals surface area contributed by atoms with Crippen LogP contribution in [0.2, 0.25) is 0 Å². The molecule has 2 heterocycles. The highest BCUT2D eigenvalue weighted by Gasteiger charge is 2.30. The van der Waals surface area contributed by atoms with Crippen LogP contribution in [0.1, 0.15) is 32.3 Å². The van der Waals surface area contributed by atoms with Gasteiger partial charge in [0.05, 0.1) is 24.9 Å². The van der Waals surface area contributed by atoms with Gasteiger partial charge in [0, 0.05) is 25.7 Å². The lowest BCUT2D eigenvalue weighted by Crippen LogP contribution is -2.52. The standard InChI is InChI=1S/C20H30N2O4/c1-20(2)12-17(8-10-26-20)21-13-18-14-22(9-11-24-18)19(23)25-15-16-6-4-3-5-7-16/h3-7,17-18,21H,8-15H2,1-2H3. The second-order valence-corrected chi connectivity index (χ2v) is 7.69. The van der Waals surface area contributed by atoms with Crippen molar-refractivity contribution in [2.24, 2.45) is 0 Å². The molecule has 144 valence electrons. The van der Waals surface area contributed by atoms with Crippen molar-refractivity contribution < 1.29 is 19.0 Å². The maximum Gasteiger partial charge on any atom is 0.410 e.